The van der Waals surface area contributed by atoms with Crippen molar-refractivity contribution >= 4 is 6.03 Å². The van der Waals surface area contributed by atoms with E-state index in [4.69, 9.17) is 4.74 Å². The molecule has 0 radical (unpaired) electrons. The van der Waals surface area contributed by atoms with Crippen LogP contribution in [-0.4, -0.2) is 43.9 Å². The van der Waals surface area contributed by atoms with E-state index in [1.807, 2.05) is 4.90 Å². The molecule has 0 spiro atoms. The summed E-state index contributed by atoms with van der Waals surface area (Å²) in [4.78, 5) is 14.6. The van der Waals surface area contributed by atoms with Crippen molar-refractivity contribution in [3.05, 3.63) is 35.4 Å². The maximum absolute atomic E-state index is 13.5. The summed E-state index contributed by atoms with van der Waals surface area (Å²) >= 11 is 0. The molecule has 1 aromatic rings. The van der Waals surface area contributed by atoms with Crippen LogP contribution in [0.3, 0.4) is 0 Å². The van der Waals surface area contributed by atoms with E-state index in [9.17, 15) is 9.18 Å². The lowest BCUT2D eigenvalue weighted by Gasteiger charge is -2.35. The summed E-state index contributed by atoms with van der Waals surface area (Å²) in [5, 5.41) is 2.99. The summed E-state index contributed by atoms with van der Waals surface area (Å²) in [6.45, 7) is 3.97. The lowest BCUT2D eigenvalue weighted by Crippen LogP contribution is -2.47. The fourth-order valence-electron chi connectivity index (χ4n) is 3.67. The Bertz CT molecular complexity index is 555. The Morgan fingerprint density at radius 1 is 1.33 bits per heavy atom. The summed E-state index contributed by atoms with van der Waals surface area (Å²) in [7, 11) is 0. The van der Waals surface area contributed by atoms with Crippen molar-refractivity contribution in [3.8, 4) is 0 Å². The van der Waals surface area contributed by atoms with Crippen molar-refractivity contribution in [2.45, 2.75) is 38.6 Å². The molecule has 0 aliphatic carbocycles. The zero-order valence-corrected chi connectivity index (χ0v) is 14.4. The van der Waals surface area contributed by atoms with Gasteiger partial charge in [-0.05, 0) is 38.2 Å². The van der Waals surface area contributed by atoms with Crippen molar-refractivity contribution in [2.75, 3.05) is 33.0 Å². The first-order valence-electron chi connectivity index (χ1n) is 8.88. The minimum Gasteiger partial charge on any atom is -0.381 e. The third-order valence-electron chi connectivity index (χ3n) is 5.43. The van der Waals surface area contributed by atoms with E-state index in [-0.39, 0.29) is 12.1 Å². The van der Waals surface area contributed by atoms with E-state index in [0.717, 1.165) is 19.4 Å². The number of alkyl halides is 1. The van der Waals surface area contributed by atoms with Crippen molar-refractivity contribution in [1.82, 2.24) is 10.2 Å². The van der Waals surface area contributed by atoms with Gasteiger partial charge in [-0.3, -0.25) is 4.39 Å². The second-order valence-corrected chi connectivity index (χ2v) is 7.17. The third kappa shape index (κ3) is 3.72. The van der Waals surface area contributed by atoms with Gasteiger partial charge in [-0.2, -0.15) is 0 Å². The first-order chi connectivity index (χ1) is 11.6. The van der Waals surface area contributed by atoms with Gasteiger partial charge in [0, 0.05) is 31.7 Å². The molecular weight excluding hydrogens is 307 g/mol. The topological polar surface area (TPSA) is 41.6 Å². The largest absolute Gasteiger partial charge is 0.381 e. The molecule has 1 N–H and O–H groups in total. The van der Waals surface area contributed by atoms with Gasteiger partial charge in [-0.15, -0.1) is 0 Å². The van der Waals surface area contributed by atoms with Gasteiger partial charge < -0.3 is 15.0 Å². The van der Waals surface area contributed by atoms with E-state index in [0.29, 0.717) is 32.6 Å². The van der Waals surface area contributed by atoms with Crippen LogP contribution in [0.25, 0.3) is 0 Å². The molecular formula is C19H27FN2O2. The van der Waals surface area contributed by atoms with Crippen molar-refractivity contribution in [3.63, 3.8) is 0 Å². The number of benzene rings is 1. The highest BCUT2D eigenvalue weighted by molar-refractivity contribution is 5.75. The van der Waals surface area contributed by atoms with Crippen molar-refractivity contribution in [1.29, 1.82) is 0 Å². The zero-order chi connectivity index (χ0) is 17.0. The summed E-state index contributed by atoms with van der Waals surface area (Å²) < 4.78 is 18.8. The normalized spacial score (nSPS) is 23.2. The van der Waals surface area contributed by atoms with E-state index >= 15 is 0 Å². The van der Waals surface area contributed by atoms with Crippen LogP contribution in [0.5, 0.6) is 0 Å². The number of hydrogen-bond acceptors (Lipinski definition) is 2. The number of rotatable bonds is 4. The quantitative estimate of drug-likeness (QED) is 0.914. The van der Waals surface area contributed by atoms with Crippen LogP contribution in [0, 0.1) is 12.3 Å². The number of urea groups is 1. The highest BCUT2D eigenvalue weighted by Gasteiger charge is 2.35. The Balaban J connectivity index is 1.62. The van der Waals surface area contributed by atoms with Crippen LogP contribution in [-0.2, 0) is 4.74 Å². The average molecular weight is 334 g/mol. The van der Waals surface area contributed by atoms with Crippen LogP contribution in [0.4, 0.5) is 9.18 Å². The Morgan fingerprint density at radius 2 is 2.04 bits per heavy atom. The molecule has 2 amide bonds. The number of amides is 2. The number of aryl methyl sites for hydroxylation is 1. The van der Waals surface area contributed by atoms with Crippen LogP contribution < -0.4 is 5.32 Å². The molecule has 2 aliphatic heterocycles. The first kappa shape index (κ1) is 17.2. The highest BCUT2D eigenvalue weighted by atomic mass is 19.1. The van der Waals surface area contributed by atoms with Crippen LogP contribution in [0.1, 0.15) is 42.9 Å². The summed E-state index contributed by atoms with van der Waals surface area (Å²) in [5.41, 5.74) is 1.95. The second kappa shape index (κ2) is 7.51. The third-order valence-corrected chi connectivity index (χ3v) is 5.43. The highest BCUT2D eigenvalue weighted by Crippen LogP contribution is 2.33. The number of nitrogens with one attached hydrogen (secondary N) is 1. The van der Waals surface area contributed by atoms with E-state index in [1.54, 1.807) is 0 Å². The molecule has 132 valence electrons. The van der Waals surface area contributed by atoms with Gasteiger partial charge in [-0.25, -0.2) is 4.79 Å². The monoisotopic (exact) mass is 334 g/mol. The van der Waals surface area contributed by atoms with E-state index in [2.05, 4.69) is 36.5 Å². The number of nitrogens with zero attached hydrogens (tertiary/aromatic N) is 1. The maximum atomic E-state index is 13.5. The van der Waals surface area contributed by atoms with Crippen LogP contribution >= 0.6 is 0 Å². The molecule has 24 heavy (non-hydrogen) atoms. The van der Waals surface area contributed by atoms with Crippen LogP contribution in [0.2, 0.25) is 0 Å². The number of hydrogen-bond donors (Lipinski definition) is 1. The second-order valence-electron chi connectivity index (χ2n) is 7.17. The number of likely N-dealkylation sites (tertiary alicyclic amines) is 1. The molecule has 4 nitrogen and oxygen atoms in total. The minimum absolute atomic E-state index is 0.0719. The standard InChI is InChI=1S/C19H27FN2O2/c1-15-4-6-16(7-5-15)17-3-2-10-22(17)18(23)21-14-19(13-20)8-11-24-12-9-19/h4-7,17H,2-3,8-14H2,1H3,(H,21,23). The Labute approximate surface area is 143 Å². The molecule has 1 aromatic carbocycles. The molecule has 1 unspecified atom stereocenters. The Hall–Kier alpha value is -1.62. The van der Waals surface area contributed by atoms with Gasteiger partial charge in [0.25, 0.3) is 0 Å². The fraction of sp³-hybridized carbons (Fsp3) is 0.632. The molecule has 2 saturated heterocycles. The lowest BCUT2D eigenvalue weighted by molar-refractivity contribution is 0.00303. The smallest absolute Gasteiger partial charge is 0.317 e. The number of halogens is 1. The maximum Gasteiger partial charge on any atom is 0.317 e. The molecule has 1 atom stereocenters. The van der Waals surface area contributed by atoms with Gasteiger partial charge >= 0.3 is 6.03 Å². The van der Waals surface area contributed by atoms with Gasteiger partial charge in [0.2, 0.25) is 0 Å². The summed E-state index contributed by atoms with van der Waals surface area (Å²) in [6.07, 6.45) is 3.34. The summed E-state index contributed by atoms with van der Waals surface area (Å²) in [5.74, 6) is 0. The zero-order valence-electron chi connectivity index (χ0n) is 14.4. The molecule has 5 heteroatoms. The molecule has 0 aromatic heterocycles. The van der Waals surface area contributed by atoms with Gasteiger partial charge in [0.05, 0.1) is 12.7 Å². The fourth-order valence-corrected chi connectivity index (χ4v) is 3.67. The van der Waals surface area contributed by atoms with Gasteiger partial charge in [0.15, 0.2) is 0 Å². The van der Waals surface area contributed by atoms with E-state index < -0.39 is 12.1 Å². The molecule has 0 saturated carbocycles. The molecule has 3 rings (SSSR count). The Kier molecular flexibility index (Phi) is 5.39. The summed E-state index contributed by atoms with van der Waals surface area (Å²) in [6, 6.07) is 8.44. The average Bonchev–Trinajstić information content (AvgIpc) is 3.11. The molecule has 2 aliphatic rings. The van der Waals surface area contributed by atoms with Crippen molar-refractivity contribution < 1.29 is 13.9 Å². The number of ether oxygens (including phenoxy) is 1. The first-order valence-corrected chi connectivity index (χ1v) is 8.88. The lowest BCUT2D eigenvalue weighted by atomic mass is 9.81. The predicted molar refractivity (Wildman–Crippen MR) is 91.7 cm³/mol. The van der Waals surface area contributed by atoms with Gasteiger partial charge in [-0.1, -0.05) is 29.8 Å². The molecule has 0 bridgehead atoms. The predicted octanol–water partition coefficient (Wildman–Crippen LogP) is 3.61. The van der Waals surface area contributed by atoms with Gasteiger partial charge in [0.1, 0.15) is 0 Å². The number of carbonyl (C=O) groups is 1. The van der Waals surface area contributed by atoms with E-state index in [1.165, 1.54) is 11.1 Å². The van der Waals surface area contributed by atoms with Crippen LogP contribution in [0.15, 0.2) is 24.3 Å². The van der Waals surface area contributed by atoms with Crippen molar-refractivity contribution in [2.24, 2.45) is 5.41 Å². The Morgan fingerprint density at radius 3 is 2.71 bits per heavy atom. The number of carbonyl (C=O) groups excluding carboxylic acids is 1. The minimum atomic E-state index is -0.451. The SMILES string of the molecule is Cc1ccc(C2CCCN2C(=O)NCC2(CF)CCOCC2)cc1. The molecule has 2 fully saturated rings. The molecule has 2 heterocycles.